The maximum Gasteiger partial charge on any atom is 0.147 e. The van der Waals surface area contributed by atoms with Crippen LogP contribution in [0.15, 0.2) is 59.9 Å². The molecule has 198 valence electrons. The fraction of sp³-hybridized carbons (Fsp3) is 0.480. The Hall–Kier alpha value is -1.78. The molecule has 1 saturated heterocycles. The van der Waals surface area contributed by atoms with E-state index >= 15 is 0 Å². The van der Waals surface area contributed by atoms with Crippen molar-refractivity contribution in [1.29, 1.82) is 0 Å². The van der Waals surface area contributed by atoms with Crippen molar-refractivity contribution < 1.29 is 5.11 Å². The summed E-state index contributed by atoms with van der Waals surface area (Å²) in [5, 5.41) is 11.2. The lowest BCUT2D eigenvalue weighted by atomic mass is 9.94. The van der Waals surface area contributed by atoms with Gasteiger partial charge in [0, 0.05) is 30.1 Å². The smallest absolute Gasteiger partial charge is 0.147 e. The number of nitrogen functional groups attached to an aromatic ring is 1. The van der Waals surface area contributed by atoms with Crippen LogP contribution in [0.3, 0.4) is 0 Å². The van der Waals surface area contributed by atoms with Crippen molar-refractivity contribution in [1.82, 2.24) is 15.0 Å². The van der Waals surface area contributed by atoms with Crippen LogP contribution < -0.4 is 16.4 Å². The molecule has 2 unspecified atom stereocenters. The molecule has 5 N–H and O–H groups in total. The number of aromatic nitrogens is 3. The average molecular weight is 543 g/mol. The third-order valence-corrected chi connectivity index (χ3v) is 5.55. The summed E-state index contributed by atoms with van der Waals surface area (Å²) < 4.78 is 0. The van der Waals surface area contributed by atoms with Gasteiger partial charge in [0.2, 0.25) is 0 Å². The first-order valence-corrected chi connectivity index (χ1v) is 14.2. The Balaban J connectivity index is 0. The van der Waals surface area contributed by atoms with Crippen LogP contribution in [0.2, 0.25) is 5.02 Å². The predicted octanol–water partition coefficient (Wildman–Crippen LogP) is 5.79. The summed E-state index contributed by atoms with van der Waals surface area (Å²) in [6.45, 7) is 16.3. The van der Waals surface area contributed by atoms with Crippen LogP contribution in [0.5, 0.6) is 0 Å². The Kier molecular flexibility index (Phi) is 22.9. The van der Waals surface area contributed by atoms with Gasteiger partial charge in [0.25, 0.3) is 0 Å². The number of halogens is 1. The normalized spacial score (nSPS) is 15.9. The number of piperidine rings is 1. The molecule has 0 amide bonds. The topological polar surface area (TPSA) is 114 Å². The Bertz CT molecular complexity index is 805. The molecule has 1 aliphatic heterocycles. The number of anilines is 2. The molecule has 0 aromatic carbocycles. The Labute approximate surface area is 225 Å². The summed E-state index contributed by atoms with van der Waals surface area (Å²) in [5.74, 6) is 1.19. The van der Waals surface area contributed by atoms with Crippen LogP contribution in [0.1, 0.15) is 34.1 Å². The second-order valence-corrected chi connectivity index (χ2v) is 9.10. The van der Waals surface area contributed by atoms with E-state index in [4.69, 9.17) is 23.1 Å². The molecule has 0 spiro atoms. The molecule has 0 radical (unpaired) electrons. The van der Waals surface area contributed by atoms with E-state index in [1.54, 1.807) is 48.6 Å². The van der Waals surface area contributed by atoms with Crippen LogP contribution in [0.4, 0.5) is 11.6 Å². The second kappa shape index (κ2) is 22.7. The van der Waals surface area contributed by atoms with Gasteiger partial charge in [0.05, 0.1) is 23.5 Å². The first-order chi connectivity index (χ1) is 16.8. The van der Waals surface area contributed by atoms with E-state index in [0.29, 0.717) is 29.0 Å². The Morgan fingerprint density at radius 1 is 1.17 bits per heavy atom. The van der Waals surface area contributed by atoms with Gasteiger partial charge < -0.3 is 21.5 Å². The molecule has 35 heavy (non-hydrogen) atoms. The highest BCUT2D eigenvalue weighted by Crippen LogP contribution is 2.34. The minimum absolute atomic E-state index is 0.156. The van der Waals surface area contributed by atoms with Crippen molar-refractivity contribution in [3.05, 3.63) is 55.0 Å². The monoisotopic (exact) mass is 542 g/mol. The molecule has 0 bridgehead atoms. The van der Waals surface area contributed by atoms with Crippen LogP contribution in [-0.4, -0.2) is 58.3 Å². The van der Waals surface area contributed by atoms with Gasteiger partial charge in [-0.15, -0.1) is 13.2 Å². The summed E-state index contributed by atoms with van der Waals surface area (Å²) in [5.41, 5.74) is 11.4. The van der Waals surface area contributed by atoms with Crippen molar-refractivity contribution in [2.75, 3.05) is 42.8 Å². The van der Waals surface area contributed by atoms with Crippen molar-refractivity contribution in [2.24, 2.45) is 11.7 Å². The van der Waals surface area contributed by atoms with Crippen molar-refractivity contribution >= 4 is 46.8 Å². The minimum Gasteiger partial charge on any atom is -0.391 e. The van der Waals surface area contributed by atoms with Gasteiger partial charge in [-0.1, -0.05) is 49.4 Å². The van der Waals surface area contributed by atoms with Gasteiger partial charge in [0.15, 0.2) is 0 Å². The van der Waals surface area contributed by atoms with E-state index in [1.807, 2.05) is 45.1 Å². The van der Waals surface area contributed by atoms with Crippen LogP contribution in [0.25, 0.3) is 0 Å². The summed E-state index contributed by atoms with van der Waals surface area (Å²) in [6.07, 6.45) is 13.0. The van der Waals surface area contributed by atoms with E-state index in [1.165, 1.54) is 11.8 Å². The van der Waals surface area contributed by atoms with E-state index in [9.17, 15) is 5.11 Å². The molecule has 1 fully saturated rings. The molecule has 7 nitrogen and oxygen atoms in total. The lowest BCUT2D eigenvalue weighted by molar-refractivity contribution is 0.0970. The summed E-state index contributed by atoms with van der Waals surface area (Å²) in [4.78, 5) is 15.6. The molecule has 2 aromatic heterocycles. The van der Waals surface area contributed by atoms with Crippen LogP contribution in [-0.2, 0) is 0 Å². The highest BCUT2D eigenvalue weighted by Gasteiger charge is 2.27. The summed E-state index contributed by atoms with van der Waals surface area (Å²) in [6, 6.07) is 1.78. The Morgan fingerprint density at radius 2 is 1.74 bits per heavy atom. The molecule has 3 rings (SSSR count). The first kappa shape index (κ1) is 35.4. The molecule has 0 saturated carbocycles. The van der Waals surface area contributed by atoms with Gasteiger partial charge in [-0.2, -0.15) is 11.8 Å². The highest BCUT2D eigenvalue weighted by atomic mass is 35.5. The number of hydrogen-bond donors (Lipinski definition) is 3. The number of aliphatic hydroxyl groups excluding tert-OH is 1. The maximum atomic E-state index is 10.1. The number of allylic oxidation sites excluding steroid dienone is 2. The third kappa shape index (κ3) is 14.4. The Morgan fingerprint density at radius 3 is 2.20 bits per heavy atom. The minimum atomic E-state index is -0.432. The average Bonchev–Trinajstić information content (AvgIpc) is 2.85. The number of aliphatic hydroxyl groups is 1. The molecule has 10 heteroatoms. The van der Waals surface area contributed by atoms with E-state index < -0.39 is 6.10 Å². The number of nitrogens with zero attached hydrogens (tertiary/aromatic N) is 4. The van der Waals surface area contributed by atoms with E-state index in [2.05, 4.69) is 28.1 Å². The van der Waals surface area contributed by atoms with Crippen LogP contribution >= 0.6 is 35.1 Å². The highest BCUT2D eigenvalue weighted by molar-refractivity contribution is 7.99. The fourth-order valence-electron chi connectivity index (χ4n) is 2.62. The van der Waals surface area contributed by atoms with Gasteiger partial charge in [0.1, 0.15) is 16.7 Å². The first-order valence-electron chi connectivity index (χ1n) is 11.4. The molecular formula is C25H43ClN6OS2. The largest absolute Gasteiger partial charge is 0.391 e. The third-order valence-electron chi connectivity index (χ3n) is 4.06. The second-order valence-electron chi connectivity index (χ2n) is 6.85. The van der Waals surface area contributed by atoms with Gasteiger partial charge >= 0.3 is 0 Å². The number of nitrogens with two attached hydrogens (primary N) is 2. The lowest BCUT2D eigenvalue weighted by Gasteiger charge is -2.35. The van der Waals surface area contributed by atoms with Crippen LogP contribution in [0, 0.1) is 5.92 Å². The standard InChI is InChI=1S/C15H19ClN6OS.2C3H6.C2H6S.C2H6/c16-14-11(1-3-19-15(14)18)24-13-7-20-12(6-21-13)22-4-2-9(5-17)10(23)8-22;3*1-3-2;1-2/h1,3,6-7,9-10,23H,2,4-5,8,17H2,(H2,18,19);2*3H,1H2,2H3;1-2H3;1-2H3. The molecule has 3 heterocycles. The van der Waals surface area contributed by atoms with Gasteiger partial charge in [-0.05, 0) is 45.4 Å². The molecule has 0 aliphatic carbocycles. The number of β-amino-alcohol motifs (C(OH)–C–C–N with tert-alkyl or cyclic N) is 1. The van der Waals surface area contributed by atoms with Gasteiger partial charge in [-0.25, -0.2) is 15.0 Å². The number of rotatable bonds is 4. The zero-order valence-electron chi connectivity index (χ0n) is 21.9. The zero-order valence-corrected chi connectivity index (χ0v) is 24.3. The number of hydrogen-bond acceptors (Lipinski definition) is 9. The van der Waals surface area contributed by atoms with E-state index in [-0.39, 0.29) is 5.92 Å². The lowest BCUT2D eigenvalue weighted by Crippen LogP contribution is -2.46. The fourth-order valence-corrected chi connectivity index (χ4v) is 3.61. The quantitative estimate of drug-likeness (QED) is 0.412. The molecule has 2 atom stereocenters. The zero-order chi connectivity index (χ0) is 27.2. The summed E-state index contributed by atoms with van der Waals surface area (Å²) >= 11 is 9.27. The molecule has 2 aromatic rings. The predicted molar refractivity (Wildman–Crippen MR) is 158 cm³/mol. The molecular weight excluding hydrogens is 500 g/mol. The van der Waals surface area contributed by atoms with Crippen molar-refractivity contribution in [3.63, 3.8) is 0 Å². The maximum absolute atomic E-state index is 10.1. The number of pyridine rings is 1. The SMILES string of the molecule is C=CC.C=CC.CC.CSC.NCC1CCN(c2cnc(Sc3ccnc(N)c3Cl)cn2)CC1O. The van der Waals surface area contributed by atoms with Crippen molar-refractivity contribution in [3.8, 4) is 0 Å². The van der Waals surface area contributed by atoms with Gasteiger partial charge in [-0.3, -0.25) is 0 Å². The summed E-state index contributed by atoms with van der Waals surface area (Å²) in [7, 11) is 0. The molecule has 1 aliphatic rings. The number of thioether (sulfide) groups is 1. The van der Waals surface area contributed by atoms with E-state index in [0.717, 1.165) is 23.7 Å². The van der Waals surface area contributed by atoms with Crippen molar-refractivity contribution in [2.45, 2.75) is 50.1 Å².